The highest BCUT2D eigenvalue weighted by Crippen LogP contribution is 2.14. The van der Waals surface area contributed by atoms with Gasteiger partial charge in [-0.15, -0.1) is 0 Å². The zero-order valence-corrected chi connectivity index (χ0v) is 11.0. The molecule has 0 aliphatic rings. The highest BCUT2D eigenvalue weighted by molar-refractivity contribution is 7.92. The topological polar surface area (TPSA) is 76.9 Å². The number of hydrogen-bond donors (Lipinski definition) is 1. The van der Waals surface area contributed by atoms with Gasteiger partial charge in [-0.3, -0.25) is 9.40 Å². The molecule has 6 nitrogen and oxygen atoms in total. The fourth-order valence-electron chi connectivity index (χ4n) is 1.44. The molecule has 0 bridgehead atoms. The molecule has 96 valence electrons. The molecule has 0 unspecified atom stereocenters. The van der Waals surface area contributed by atoms with E-state index >= 15 is 0 Å². The average molecular weight is 266 g/mol. The van der Waals surface area contributed by atoms with Crippen molar-refractivity contribution in [3.8, 4) is 0 Å². The zero-order valence-electron chi connectivity index (χ0n) is 10.2. The monoisotopic (exact) mass is 266 g/mol. The van der Waals surface area contributed by atoms with E-state index in [1.165, 1.54) is 12.4 Å². The molecule has 0 saturated carbocycles. The molecule has 1 N–H and O–H groups in total. The highest BCUT2D eigenvalue weighted by atomic mass is 32.2. The van der Waals surface area contributed by atoms with Crippen molar-refractivity contribution < 1.29 is 8.42 Å². The predicted molar refractivity (Wildman–Crippen MR) is 67.7 cm³/mol. The first-order valence-electron chi connectivity index (χ1n) is 5.49. The second-order valence-corrected chi connectivity index (χ2v) is 5.54. The summed E-state index contributed by atoms with van der Waals surface area (Å²) in [6, 6.07) is 3.47. The molecule has 18 heavy (non-hydrogen) atoms. The van der Waals surface area contributed by atoms with Crippen LogP contribution in [0.3, 0.4) is 0 Å². The van der Waals surface area contributed by atoms with Crippen LogP contribution in [0.2, 0.25) is 0 Å². The van der Waals surface area contributed by atoms with Crippen molar-refractivity contribution in [2.75, 3.05) is 4.72 Å². The van der Waals surface area contributed by atoms with Gasteiger partial charge in [0.15, 0.2) is 0 Å². The maximum Gasteiger partial charge on any atom is 0.266 e. The van der Waals surface area contributed by atoms with E-state index in [-0.39, 0.29) is 4.90 Å². The van der Waals surface area contributed by atoms with E-state index in [1.807, 2.05) is 13.8 Å². The minimum absolute atomic E-state index is 0.132. The van der Waals surface area contributed by atoms with Crippen LogP contribution in [-0.4, -0.2) is 23.2 Å². The Morgan fingerprint density at radius 3 is 2.83 bits per heavy atom. The van der Waals surface area contributed by atoms with Crippen molar-refractivity contribution in [2.24, 2.45) is 0 Å². The van der Waals surface area contributed by atoms with E-state index in [9.17, 15) is 8.42 Å². The summed E-state index contributed by atoms with van der Waals surface area (Å²) < 4.78 is 28.0. The third-order valence-corrected chi connectivity index (χ3v) is 3.71. The summed E-state index contributed by atoms with van der Waals surface area (Å²) in [5.41, 5.74) is 0.937. The van der Waals surface area contributed by atoms with Gasteiger partial charge in [-0.1, -0.05) is 0 Å². The van der Waals surface area contributed by atoms with Crippen molar-refractivity contribution in [1.29, 1.82) is 0 Å². The van der Waals surface area contributed by atoms with Crippen LogP contribution in [0.25, 0.3) is 0 Å². The van der Waals surface area contributed by atoms with Gasteiger partial charge in [0.25, 0.3) is 10.0 Å². The number of nitrogens with zero attached hydrogens (tertiary/aromatic N) is 3. The molecule has 0 aliphatic heterocycles. The number of sulfonamides is 1. The van der Waals surface area contributed by atoms with Gasteiger partial charge in [-0.25, -0.2) is 13.4 Å². The Kier molecular flexibility index (Phi) is 3.33. The SMILES string of the molecule is CCn1cc(S(=O)(=O)Nc2cc(C)ccn2)cn1. The van der Waals surface area contributed by atoms with Crippen molar-refractivity contribution in [1.82, 2.24) is 14.8 Å². The summed E-state index contributed by atoms with van der Waals surface area (Å²) in [5, 5.41) is 3.94. The minimum Gasteiger partial charge on any atom is -0.272 e. The second-order valence-electron chi connectivity index (χ2n) is 3.86. The average Bonchev–Trinajstić information content (AvgIpc) is 2.77. The maximum absolute atomic E-state index is 12.0. The molecule has 0 atom stereocenters. The van der Waals surface area contributed by atoms with E-state index < -0.39 is 10.0 Å². The number of rotatable bonds is 4. The predicted octanol–water partition coefficient (Wildman–Crippen LogP) is 1.41. The van der Waals surface area contributed by atoms with Crippen molar-refractivity contribution >= 4 is 15.8 Å². The first kappa shape index (κ1) is 12.6. The molecule has 2 rings (SSSR count). The molecule has 2 aromatic rings. The fraction of sp³-hybridized carbons (Fsp3) is 0.273. The molecule has 0 amide bonds. The molecule has 0 radical (unpaired) electrons. The van der Waals surface area contributed by atoms with Crippen molar-refractivity contribution in [3.05, 3.63) is 36.3 Å². The molecule has 2 heterocycles. The van der Waals surface area contributed by atoms with Crippen molar-refractivity contribution in [3.63, 3.8) is 0 Å². The van der Waals surface area contributed by atoms with Gasteiger partial charge in [-0.2, -0.15) is 5.10 Å². The van der Waals surface area contributed by atoms with E-state index in [0.29, 0.717) is 12.4 Å². The second kappa shape index (κ2) is 4.77. The number of anilines is 1. The molecule has 0 spiro atoms. The molecule has 2 aromatic heterocycles. The van der Waals surface area contributed by atoms with Gasteiger partial charge < -0.3 is 0 Å². The largest absolute Gasteiger partial charge is 0.272 e. The Hall–Kier alpha value is -1.89. The smallest absolute Gasteiger partial charge is 0.266 e. The molecule has 0 aromatic carbocycles. The first-order chi connectivity index (χ1) is 8.51. The number of nitrogens with one attached hydrogen (secondary N) is 1. The van der Waals surface area contributed by atoms with Crippen LogP contribution in [-0.2, 0) is 16.6 Å². The maximum atomic E-state index is 12.0. The Bertz CT molecular complexity index is 649. The third-order valence-electron chi connectivity index (χ3n) is 2.40. The molecule has 0 fully saturated rings. The number of aryl methyl sites for hydroxylation is 2. The Labute approximate surface area is 106 Å². The lowest BCUT2D eigenvalue weighted by molar-refractivity contribution is 0.600. The fourth-order valence-corrected chi connectivity index (χ4v) is 2.40. The normalized spacial score (nSPS) is 11.4. The van der Waals surface area contributed by atoms with Crippen LogP contribution in [0.1, 0.15) is 12.5 Å². The van der Waals surface area contributed by atoms with Gasteiger partial charge in [-0.05, 0) is 31.5 Å². The van der Waals surface area contributed by atoms with Gasteiger partial charge in [0.05, 0.1) is 6.20 Å². The van der Waals surface area contributed by atoms with E-state index in [1.54, 1.807) is 23.0 Å². The minimum atomic E-state index is -3.62. The Morgan fingerprint density at radius 2 is 2.22 bits per heavy atom. The van der Waals surface area contributed by atoms with Crippen LogP contribution in [0, 0.1) is 6.92 Å². The Morgan fingerprint density at radius 1 is 1.44 bits per heavy atom. The molecular weight excluding hydrogens is 252 g/mol. The van der Waals surface area contributed by atoms with Crippen LogP contribution in [0.4, 0.5) is 5.82 Å². The van der Waals surface area contributed by atoms with Gasteiger partial charge in [0.1, 0.15) is 10.7 Å². The lowest BCUT2D eigenvalue weighted by Crippen LogP contribution is -2.13. The molecular formula is C11H14N4O2S. The summed E-state index contributed by atoms with van der Waals surface area (Å²) in [6.45, 7) is 4.38. The Balaban J connectivity index is 2.27. The van der Waals surface area contributed by atoms with Gasteiger partial charge in [0.2, 0.25) is 0 Å². The third kappa shape index (κ3) is 2.67. The lowest BCUT2D eigenvalue weighted by atomic mass is 10.3. The molecule has 7 heteroatoms. The van der Waals surface area contributed by atoms with E-state index in [4.69, 9.17) is 0 Å². The highest BCUT2D eigenvalue weighted by Gasteiger charge is 2.16. The standard InChI is InChI=1S/C11H14N4O2S/c1-3-15-8-10(7-13-15)18(16,17)14-11-6-9(2)4-5-12-11/h4-8H,3H2,1-2H3,(H,12,14). The summed E-state index contributed by atoms with van der Waals surface area (Å²) >= 11 is 0. The quantitative estimate of drug-likeness (QED) is 0.907. The summed E-state index contributed by atoms with van der Waals surface area (Å²) in [6.07, 6.45) is 4.36. The van der Waals surface area contributed by atoms with Crippen LogP contribution >= 0.6 is 0 Å². The molecule has 0 aliphatic carbocycles. The van der Waals surface area contributed by atoms with Crippen LogP contribution in [0.15, 0.2) is 35.6 Å². The van der Waals surface area contributed by atoms with E-state index in [0.717, 1.165) is 5.56 Å². The summed E-state index contributed by atoms with van der Waals surface area (Å²) in [7, 11) is -3.62. The number of hydrogen-bond acceptors (Lipinski definition) is 4. The lowest BCUT2D eigenvalue weighted by Gasteiger charge is -2.05. The van der Waals surface area contributed by atoms with Gasteiger partial charge >= 0.3 is 0 Å². The van der Waals surface area contributed by atoms with E-state index in [2.05, 4.69) is 14.8 Å². The van der Waals surface area contributed by atoms with Crippen LogP contribution < -0.4 is 4.72 Å². The molecule has 0 saturated heterocycles. The van der Waals surface area contributed by atoms with Crippen LogP contribution in [0.5, 0.6) is 0 Å². The summed E-state index contributed by atoms with van der Waals surface area (Å²) in [5.74, 6) is 0.305. The van der Waals surface area contributed by atoms with Gasteiger partial charge in [0, 0.05) is 18.9 Å². The summed E-state index contributed by atoms with van der Waals surface area (Å²) in [4.78, 5) is 4.09. The zero-order chi connectivity index (χ0) is 13.2. The number of aromatic nitrogens is 3. The van der Waals surface area contributed by atoms with Crippen molar-refractivity contribution in [2.45, 2.75) is 25.3 Å². The first-order valence-corrected chi connectivity index (χ1v) is 6.97. The number of pyridine rings is 1.